The molecule has 5 nitrogen and oxygen atoms in total. The number of anilines is 1. The summed E-state index contributed by atoms with van der Waals surface area (Å²) in [6.07, 6.45) is 3.64. The molecule has 0 spiro atoms. The second-order valence-corrected chi connectivity index (χ2v) is 5.70. The van der Waals surface area contributed by atoms with Crippen LogP contribution in [0.15, 0.2) is 10.6 Å². The van der Waals surface area contributed by atoms with Crippen molar-refractivity contribution in [3.05, 3.63) is 22.2 Å². The van der Waals surface area contributed by atoms with E-state index in [9.17, 15) is 0 Å². The molecule has 1 aromatic heterocycles. The van der Waals surface area contributed by atoms with Crippen molar-refractivity contribution in [2.24, 2.45) is 0 Å². The summed E-state index contributed by atoms with van der Waals surface area (Å²) in [5, 5.41) is 4.46. The zero-order chi connectivity index (χ0) is 14.4. The fourth-order valence-electron chi connectivity index (χ4n) is 3.06. The molecule has 4 rings (SSSR count). The number of nitrogens with zero attached hydrogens (tertiary/aromatic N) is 1. The molecular weight excluding hydrogens is 292 g/mol. The highest BCUT2D eigenvalue weighted by Gasteiger charge is 2.30. The SMILES string of the molecule is Nc1cc(-c2c3c(c(Cl)c4c2OCCC4)OCCC3)on1. The summed E-state index contributed by atoms with van der Waals surface area (Å²) in [4.78, 5) is 0. The van der Waals surface area contributed by atoms with E-state index in [4.69, 9.17) is 31.3 Å². The minimum absolute atomic E-state index is 0.356. The van der Waals surface area contributed by atoms with E-state index < -0.39 is 0 Å². The Hall–Kier alpha value is -1.88. The van der Waals surface area contributed by atoms with Crippen LogP contribution in [0.25, 0.3) is 11.3 Å². The Kier molecular flexibility index (Phi) is 2.96. The fraction of sp³-hybridized carbons (Fsp3) is 0.400. The third-order valence-electron chi connectivity index (χ3n) is 3.95. The molecule has 0 bridgehead atoms. The lowest BCUT2D eigenvalue weighted by molar-refractivity contribution is 0.273. The summed E-state index contributed by atoms with van der Waals surface area (Å²) >= 11 is 6.53. The quantitative estimate of drug-likeness (QED) is 0.876. The van der Waals surface area contributed by atoms with Crippen molar-refractivity contribution in [3.63, 3.8) is 0 Å². The second kappa shape index (κ2) is 4.84. The molecule has 110 valence electrons. The summed E-state index contributed by atoms with van der Waals surface area (Å²) in [6, 6.07) is 1.72. The zero-order valence-electron chi connectivity index (χ0n) is 11.4. The van der Waals surface area contributed by atoms with Gasteiger partial charge in [0.2, 0.25) is 0 Å². The summed E-state index contributed by atoms with van der Waals surface area (Å²) < 4.78 is 17.1. The van der Waals surface area contributed by atoms with Gasteiger partial charge in [0.25, 0.3) is 0 Å². The third-order valence-corrected chi connectivity index (χ3v) is 4.35. The predicted octanol–water partition coefficient (Wildman–Crippen LogP) is 3.23. The molecule has 0 amide bonds. The maximum Gasteiger partial charge on any atom is 0.173 e. The summed E-state index contributed by atoms with van der Waals surface area (Å²) in [5.74, 6) is 2.53. The molecular formula is C15H15ClN2O3. The van der Waals surface area contributed by atoms with Crippen LogP contribution < -0.4 is 15.2 Å². The largest absolute Gasteiger partial charge is 0.492 e. The van der Waals surface area contributed by atoms with Crippen LogP contribution in [0.3, 0.4) is 0 Å². The second-order valence-electron chi connectivity index (χ2n) is 5.32. The Morgan fingerprint density at radius 2 is 1.76 bits per heavy atom. The van der Waals surface area contributed by atoms with Gasteiger partial charge in [-0.25, -0.2) is 0 Å². The monoisotopic (exact) mass is 306 g/mol. The Morgan fingerprint density at radius 3 is 2.48 bits per heavy atom. The van der Waals surface area contributed by atoms with Crippen LogP contribution in [-0.4, -0.2) is 18.4 Å². The maximum absolute atomic E-state index is 6.53. The van der Waals surface area contributed by atoms with Gasteiger partial charge in [0, 0.05) is 17.2 Å². The number of rotatable bonds is 1. The smallest absolute Gasteiger partial charge is 0.173 e. The van der Waals surface area contributed by atoms with Crippen LogP contribution in [0, 0.1) is 0 Å². The Labute approximate surface area is 127 Å². The molecule has 2 aromatic rings. The first-order valence-corrected chi connectivity index (χ1v) is 7.49. The van der Waals surface area contributed by atoms with Crippen LogP contribution in [0.2, 0.25) is 5.02 Å². The number of hydrogen-bond acceptors (Lipinski definition) is 5. The minimum atomic E-state index is 0.356. The molecule has 0 radical (unpaired) electrons. The number of aromatic nitrogens is 1. The average Bonchev–Trinajstić information content (AvgIpc) is 2.94. The number of ether oxygens (including phenoxy) is 2. The van der Waals surface area contributed by atoms with Crippen LogP contribution in [0.4, 0.5) is 5.82 Å². The molecule has 6 heteroatoms. The van der Waals surface area contributed by atoms with Gasteiger partial charge in [0.1, 0.15) is 11.5 Å². The van der Waals surface area contributed by atoms with E-state index in [-0.39, 0.29) is 0 Å². The number of fused-ring (bicyclic) bond motifs is 2. The molecule has 0 unspecified atom stereocenters. The van der Waals surface area contributed by atoms with Crippen LogP contribution in [0.1, 0.15) is 24.0 Å². The van der Waals surface area contributed by atoms with E-state index in [1.807, 2.05) is 0 Å². The van der Waals surface area contributed by atoms with Crippen molar-refractivity contribution in [1.82, 2.24) is 5.16 Å². The van der Waals surface area contributed by atoms with Gasteiger partial charge < -0.3 is 19.7 Å². The van der Waals surface area contributed by atoms with Gasteiger partial charge in [-0.05, 0) is 25.7 Å². The summed E-state index contributed by atoms with van der Waals surface area (Å²) in [6.45, 7) is 1.37. The molecule has 0 atom stereocenters. The molecule has 0 aliphatic carbocycles. The number of nitrogens with two attached hydrogens (primary N) is 1. The van der Waals surface area contributed by atoms with Gasteiger partial charge in [0.15, 0.2) is 11.6 Å². The first kappa shape index (κ1) is 12.8. The predicted molar refractivity (Wildman–Crippen MR) is 79.0 cm³/mol. The van der Waals surface area contributed by atoms with Gasteiger partial charge in [0.05, 0.1) is 23.8 Å². The third kappa shape index (κ3) is 1.95. The van der Waals surface area contributed by atoms with Crippen molar-refractivity contribution >= 4 is 17.4 Å². The Balaban J connectivity index is 2.03. The van der Waals surface area contributed by atoms with Crippen molar-refractivity contribution in [3.8, 4) is 22.8 Å². The average molecular weight is 307 g/mol. The number of halogens is 1. The molecule has 2 aliphatic rings. The van der Waals surface area contributed by atoms with E-state index in [0.717, 1.165) is 53.9 Å². The van der Waals surface area contributed by atoms with Crippen LogP contribution in [0.5, 0.6) is 11.5 Å². The molecule has 2 aliphatic heterocycles. The van der Waals surface area contributed by atoms with E-state index in [1.165, 1.54) is 0 Å². The lowest BCUT2D eigenvalue weighted by atomic mass is 9.91. The Bertz CT molecular complexity index is 674. The van der Waals surface area contributed by atoms with Crippen molar-refractivity contribution in [1.29, 1.82) is 0 Å². The molecule has 3 heterocycles. The van der Waals surface area contributed by atoms with Crippen LogP contribution >= 0.6 is 11.6 Å². The van der Waals surface area contributed by atoms with E-state index in [2.05, 4.69) is 5.16 Å². The summed E-state index contributed by atoms with van der Waals surface area (Å²) in [7, 11) is 0. The van der Waals surface area contributed by atoms with Crippen molar-refractivity contribution < 1.29 is 14.0 Å². The molecule has 0 saturated heterocycles. The fourth-order valence-corrected chi connectivity index (χ4v) is 3.40. The number of benzene rings is 1. The molecule has 1 aromatic carbocycles. The van der Waals surface area contributed by atoms with Gasteiger partial charge >= 0.3 is 0 Å². The van der Waals surface area contributed by atoms with Crippen molar-refractivity contribution in [2.45, 2.75) is 25.7 Å². The molecule has 2 N–H and O–H groups in total. The van der Waals surface area contributed by atoms with Crippen LogP contribution in [-0.2, 0) is 12.8 Å². The van der Waals surface area contributed by atoms with E-state index in [0.29, 0.717) is 29.8 Å². The highest BCUT2D eigenvalue weighted by molar-refractivity contribution is 6.33. The highest BCUT2D eigenvalue weighted by atomic mass is 35.5. The standard InChI is InChI=1S/C15H15ClN2O3/c16-13-9-4-2-5-19-14(9)12(10-7-11(17)18-21-10)8-3-1-6-20-15(8)13/h7H,1-6H2,(H2,17,18). The molecule has 0 saturated carbocycles. The Morgan fingerprint density at radius 1 is 1.05 bits per heavy atom. The first-order valence-electron chi connectivity index (χ1n) is 7.11. The maximum atomic E-state index is 6.53. The number of hydrogen-bond donors (Lipinski definition) is 1. The number of nitrogen functional groups attached to an aromatic ring is 1. The van der Waals surface area contributed by atoms with Crippen molar-refractivity contribution in [2.75, 3.05) is 18.9 Å². The molecule has 0 fully saturated rings. The van der Waals surface area contributed by atoms with E-state index in [1.54, 1.807) is 6.07 Å². The van der Waals surface area contributed by atoms with Gasteiger partial charge in [-0.3, -0.25) is 0 Å². The lowest BCUT2D eigenvalue weighted by Gasteiger charge is -2.28. The van der Waals surface area contributed by atoms with Gasteiger partial charge in [-0.15, -0.1) is 0 Å². The van der Waals surface area contributed by atoms with Gasteiger partial charge in [-0.1, -0.05) is 16.8 Å². The minimum Gasteiger partial charge on any atom is -0.492 e. The lowest BCUT2D eigenvalue weighted by Crippen LogP contribution is -2.16. The highest BCUT2D eigenvalue weighted by Crippen LogP contribution is 2.50. The first-order chi connectivity index (χ1) is 10.3. The summed E-state index contributed by atoms with van der Waals surface area (Å²) in [5.41, 5.74) is 8.62. The zero-order valence-corrected chi connectivity index (χ0v) is 12.2. The van der Waals surface area contributed by atoms with E-state index >= 15 is 0 Å². The normalized spacial score (nSPS) is 16.6. The van der Waals surface area contributed by atoms with Gasteiger partial charge in [-0.2, -0.15) is 0 Å². The topological polar surface area (TPSA) is 70.5 Å². The molecule has 21 heavy (non-hydrogen) atoms.